The van der Waals surface area contributed by atoms with E-state index in [0.29, 0.717) is 13.0 Å². The molecule has 0 radical (unpaired) electrons. The Kier molecular flexibility index (Phi) is 4.80. The Labute approximate surface area is 132 Å². The van der Waals surface area contributed by atoms with Crippen molar-refractivity contribution in [3.05, 3.63) is 38.5 Å². The van der Waals surface area contributed by atoms with Crippen LogP contribution in [0.3, 0.4) is 0 Å². The molecule has 21 heavy (non-hydrogen) atoms. The molecule has 2 aromatic heterocycles. The molecule has 0 spiro atoms. The van der Waals surface area contributed by atoms with Crippen molar-refractivity contribution in [2.45, 2.75) is 25.9 Å². The van der Waals surface area contributed by atoms with Crippen LogP contribution in [-0.2, 0) is 11.3 Å². The van der Waals surface area contributed by atoms with Crippen molar-refractivity contribution >= 4 is 28.5 Å². The highest BCUT2D eigenvalue weighted by Gasteiger charge is 2.26. The molecule has 6 heteroatoms. The summed E-state index contributed by atoms with van der Waals surface area (Å²) in [5.74, 6) is 0.214. The number of nitrogens with zero attached hydrogens (tertiary/aromatic N) is 2. The van der Waals surface area contributed by atoms with E-state index in [4.69, 9.17) is 4.74 Å². The Hall–Kier alpha value is -1.08. The molecule has 0 saturated carbocycles. The SMILES string of the molecule is Cc1ncc(CN2CCOC[C@@H]2CC(=O)c2cccs2)s1. The lowest BCUT2D eigenvalue weighted by Crippen LogP contribution is -2.45. The summed E-state index contributed by atoms with van der Waals surface area (Å²) in [5.41, 5.74) is 0. The van der Waals surface area contributed by atoms with Crippen LogP contribution in [0.25, 0.3) is 0 Å². The zero-order valence-electron chi connectivity index (χ0n) is 11.9. The van der Waals surface area contributed by atoms with Crippen LogP contribution >= 0.6 is 22.7 Å². The number of aromatic nitrogens is 1. The minimum Gasteiger partial charge on any atom is -0.378 e. The second-order valence-electron chi connectivity index (χ2n) is 5.15. The highest BCUT2D eigenvalue weighted by atomic mass is 32.1. The Bertz CT molecular complexity index is 595. The molecule has 1 aliphatic rings. The van der Waals surface area contributed by atoms with Gasteiger partial charge in [0.1, 0.15) is 0 Å². The molecule has 1 atom stereocenters. The quantitative estimate of drug-likeness (QED) is 0.794. The van der Waals surface area contributed by atoms with Crippen LogP contribution in [0.1, 0.15) is 26.0 Å². The van der Waals surface area contributed by atoms with Crippen LogP contribution in [0.5, 0.6) is 0 Å². The minimum absolute atomic E-state index is 0.163. The Balaban J connectivity index is 1.65. The van der Waals surface area contributed by atoms with E-state index in [2.05, 4.69) is 9.88 Å². The number of thiazole rings is 1. The zero-order chi connectivity index (χ0) is 14.7. The summed E-state index contributed by atoms with van der Waals surface area (Å²) in [5, 5.41) is 3.03. The largest absolute Gasteiger partial charge is 0.378 e. The number of aryl methyl sites for hydroxylation is 1. The van der Waals surface area contributed by atoms with Crippen LogP contribution in [-0.4, -0.2) is 41.5 Å². The first kappa shape index (κ1) is 14.8. The average Bonchev–Trinajstić information content (AvgIpc) is 3.13. The number of carbonyl (C=O) groups excluding carboxylic acids is 1. The molecule has 0 amide bonds. The molecule has 112 valence electrons. The third-order valence-corrected chi connectivity index (χ3v) is 5.40. The van der Waals surface area contributed by atoms with Gasteiger partial charge >= 0.3 is 0 Å². The average molecular weight is 322 g/mol. The fourth-order valence-corrected chi connectivity index (χ4v) is 4.01. The van der Waals surface area contributed by atoms with Gasteiger partial charge in [0.25, 0.3) is 0 Å². The normalized spacial score (nSPS) is 19.8. The summed E-state index contributed by atoms with van der Waals surface area (Å²) >= 11 is 3.23. The molecular weight excluding hydrogens is 304 g/mol. The highest BCUT2D eigenvalue weighted by molar-refractivity contribution is 7.12. The van der Waals surface area contributed by atoms with Crippen molar-refractivity contribution in [2.75, 3.05) is 19.8 Å². The maximum absolute atomic E-state index is 12.3. The number of Topliss-reactive ketones (excluding diaryl/α,β-unsaturated/α-hetero) is 1. The van der Waals surface area contributed by atoms with Crippen molar-refractivity contribution in [3.63, 3.8) is 0 Å². The van der Waals surface area contributed by atoms with Gasteiger partial charge in [0.05, 0.1) is 23.1 Å². The van der Waals surface area contributed by atoms with Crippen molar-refractivity contribution in [1.29, 1.82) is 0 Å². The van der Waals surface area contributed by atoms with Gasteiger partial charge in [-0.15, -0.1) is 22.7 Å². The van der Waals surface area contributed by atoms with E-state index in [9.17, 15) is 4.79 Å². The molecule has 0 aliphatic carbocycles. The molecule has 0 N–H and O–H groups in total. The maximum atomic E-state index is 12.3. The van der Waals surface area contributed by atoms with Gasteiger partial charge in [-0.25, -0.2) is 4.98 Å². The summed E-state index contributed by atoms with van der Waals surface area (Å²) < 4.78 is 5.57. The van der Waals surface area contributed by atoms with Gasteiger partial charge in [0, 0.05) is 36.6 Å². The van der Waals surface area contributed by atoms with Crippen LogP contribution in [0.15, 0.2) is 23.7 Å². The number of carbonyl (C=O) groups is 1. The lowest BCUT2D eigenvalue weighted by Gasteiger charge is -2.34. The molecule has 0 bridgehead atoms. The first-order valence-electron chi connectivity index (χ1n) is 7.02. The van der Waals surface area contributed by atoms with Gasteiger partial charge in [-0.05, 0) is 18.4 Å². The Morgan fingerprint density at radius 1 is 1.57 bits per heavy atom. The molecule has 0 aromatic carbocycles. The minimum atomic E-state index is 0.163. The second kappa shape index (κ2) is 6.79. The molecular formula is C15H18N2O2S2. The van der Waals surface area contributed by atoms with Gasteiger partial charge in [-0.1, -0.05) is 6.07 Å². The summed E-state index contributed by atoms with van der Waals surface area (Å²) in [4.78, 5) is 21.0. The fourth-order valence-electron chi connectivity index (χ4n) is 2.52. The van der Waals surface area contributed by atoms with Gasteiger partial charge < -0.3 is 4.74 Å². The number of ketones is 1. The smallest absolute Gasteiger partial charge is 0.174 e. The first-order valence-corrected chi connectivity index (χ1v) is 8.72. The summed E-state index contributed by atoms with van der Waals surface area (Å²) in [6, 6.07) is 3.98. The van der Waals surface area contributed by atoms with Crippen molar-refractivity contribution in [2.24, 2.45) is 0 Å². The lowest BCUT2D eigenvalue weighted by molar-refractivity contribution is -0.0121. The van der Waals surface area contributed by atoms with Crippen molar-refractivity contribution < 1.29 is 9.53 Å². The molecule has 2 aromatic rings. The summed E-state index contributed by atoms with van der Waals surface area (Å²) in [7, 11) is 0. The number of thiophene rings is 1. The molecule has 3 rings (SSSR count). The fraction of sp³-hybridized carbons (Fsp3) is 0.467. The predicted molar refractivity (Wildman–Crippen MR) is 85.1 cm³/mol. The van der Waals surface area contributed by atoms with E-state index in [1.165, 1.54) is 16.2 Å². The topological polar surface area (TPSA) is 42.4 Å². The van der Waals surface area contributed by atoms with Gasteiger partial charge in [0.15, 0.2) is 5.78 Å². The molecule has 0 unspecified atom stereocenters. The molecule has 1 aliphatic heterocycles. The molecule has 4 nitrogen and oxygen atoms in total. The first-order chi connectivity index (χ1) is 10.2. The number of rotatable bonds is 5. The van der Waals surface area contributed by atoms with Gasteiger partial charge in [-0.3, -0.25) is 9.69 Å². The second-order valence-corrected chi connectivity index (χ2v) is 7.42. The third-order valence-electron chi connectivity index (χ3n) is 3.59. The van der Waals surface area contributed by atoms with Crippen molar-refractivity contribution in [3.8, 4) is 0 Å². The summed E-state index contributed by atoms with van der Waals surface area (Å²) in [6.07, 6.45) is 2.46. The lowest BCUT2D eigenvalue weighted by atomic mass is 10.1. The molecule has 3 heterocycles. The third kappa shape index (κ3) is 3.77. The van der Waals surface area contributed by atoms with E-state index in [1.54, 1.807) is 11.3 Å². The van der Waals surface area contributed by atoms with E-state index < -0.39 is 0 Å². The monoisotopic (exact) mass is 322 g/mol. The van der Waals surface area contributed by atoms with Gasteiger partial charge in [-0.2, -0.15) is 0 Å². The van der Waals surface area contributed by atoms with E-state index in [-0.39, 0.29) is 11.8 Å². The number of morpholine rings is 1. The van der Waals surface area contributed by atoms with Crippen LogP contribution in [0.4, 0.5) is 0 Å². The molecule has 1 saturated heterocycles. The number of ether oxygens (including phenoxy) is 1. The standard InChI is InChI=1S/C15H18N2O2S2/c1-11-16-8-13(21-11)9-17-4-5-19-10-12(17)7-14(18)15-3-2-6-20-15/h2-3,6,8,12H,4-5,7,9-10H2,1H3/t12-/m0/s1. The van der Waals surface area contributed by atoms with Crippen LogP contribution < -0.4 is 0 Å². The van der Waals surface area contributed by atoms with Gasteiger partial charge in [0.2, 0.25) is 0 Å². The summed E-state index contributed by atoms with van der Waals surface area (Å²) in [6.45, 7) is 5.12. The van der Waals surface area contributed by atoms with E-state index >= 15 is 0 Å². The highest BCUT2D eigenvalue weighted by Crippen LogP contribution is 2.21. The molecule has 1 fully saturated rings. The number of hydrogen-bond acceptors (Lipinski definition) is 6. The number of hydrogen-bond donors (Lipinski definition) is 0. The Morgan fingerprint density at radius 3 is 3.19 bits per heavy atom. The zero-order valence-corrected chi connectivity index (χ0v) is 13.6. The van der Waals surface area contributed by atoms with Crippen molar-refractivity contribution in [1.82, 2.24) is 9.88 Å². The van der Waals surface area contributed by atoms with E-state index in [1.807, 2.05) is 30.6 Å². The van der Waals surface area contributed by atoms with Crippen LogP contribution in [0.2, 0.25) is 0 Å². The van der Waals surface area contributed by atoms with E-state index in [0.717, 1.165) is 29.6 Å². The Morgan fingerprint density at radius 2 is 2.48 bits per heavy atom. The maximum Gasteiger partial charge on any atom is 0.174 e. The van der Waals surface area contributed by atoms with Crippen LogP contribution in [0, 0.1) is 6.92 Å². The predicted octanol–water partition coefficient (Wildman–Crippen LogP) is 2.99.